The summed E-state index contributed by atoms with van der Waals surface area (Å²) in [6.07, 6.45) is 9.11. The molecule has 2 fully saturated rings. The van der Waals surface area contributed by atoms with Crippen LogP contribution in [0.1, 0.15) is 73.9 Å². The van der Waals surface area contributed by atoms with Crippen molar-refractivity contribution >= 4 is 11.6 Å². The third-order valence-corrected chi connectivity index (χ3v) is 6.45. The van der Waals surface area contributed by atoms with Crippen LogP contribution < -0.4 is 10.2 Å². The van der Waals surface area contributed by atoms with E-state index in [0.29, 0.717) is 18.0 Å². The molecule has 2 aliphatic heterocycles. The molecule has 2 bridgehead atoms. The lowest BCUT2D eigenvalue weighted by molar-refractivity contribution is 0.387. The molecule has 0 spiro atoms. The highest BCUT2D eigenvalue weighted by atomic mass is 15.2. The van der Waals surface area contributed by atoms with E-state index in [1.165, 1.54) is 50.5 Å². The molecule has 2 atom stereocenters. The second-order valence-corrected chi connectivity index (χ2v) is 8.21. The third kappa shape index (κ3) is 2.85. The molecule has 1 saturated heterocycles. The van der Waals surface area contributed by atoms with E-state index in [4.69, 9.17) is 4.98 Å². The minimum Gasteiger partial charge on any atom is -0.367 e. The van der Waals surface area contributed by atoms with Gasteiger partial charge >= 0.3 is 0 Å². The minimum atomic E-state index is 0.466. The number of nitrogens with one attached hydrogen (secondary N) is 1. The van der Waals surface area contributed by atoms with E-state index in [-0.39, 0.29) is 0 Å². The predicted octanol–water partition coefficient (Wildman–Crippen LogP) is 4.97. The van der Waals surface area contributed by atoms with Crippen molar-refractivity contribution in [3.05, 3.63) is 47.3 Å². The fourth-order valence-corrected chi connectivity index (χ4v) is 5.22. The number of fused-ring (bicyclic) bond motifs is 2. The molecule has 2 aliphatic carbocycles. The molecule has 4 aliphatic rings. The van der Waals surface area contributed by atoms with Gasteiger partial charge in [0.25, 0.3) is 0 Å². The molecule has 0 unspecified atom stereocenters. The lowest BCUT2D eigenvalue weighted by atomic mass is 9.75. The van der Waals surface area contributed by atoms with Gasteiger partial charge in [0, 0.05) is 24.6 Å². The standard InChI is InChI=1S/C22H28N4/c1-15-23-21(25-17-7-3-2-4-8-17)13-22(24-15)26-14-16-11-12-20(26)19-10-6-5-9-18(16)19/h5-6,9-10,13,16-17,20H,2-4,7-8,11-12,14H2,1H3,(H,23,24,25)/t16-,20+/m1/s1. The van der Waals surface area contributed by atoms with E-state index in [9.17, 15) is 0 Å². The van der Waals surface area contributed by atoms with Crippen LogP contribution in [-0.2, 0) is 0 Å². The van der Waals surface area contributed by atoms with E-state index in [1.807, 2.05) is 6.92 Å². The molecule has 0 amide bonds. The Bertz CT molecular complexity index is 796. The Labute approximate surface area is 156 Å². The molecule has 4 heteroatoms. The average molecular weight is 348 g/mol. The van der Waals surface area contributed by atoms with Gasteiger partial charge in [-0.2, -0.15) is 0 Å². The molecule has 1 saturated carbocycles. The Morgan fingerprint density at radius 1 is 0.962 bits per heavy atom. The van der Waals surface area contributed by atoms with Crippen LogP contribution in [-0.4, -0.2) is 22.6 Å². The average Bonchev–Trinajstić information content (AvgIpc) is 2.69. The molecule has 1 aromatic heterocycles. The number of piperidine rings is 1. The van der Waals surface area contributed by atoms with Crippen LogP contribution in [0.25, 0.3) is 0 Å². The number of aromatic nitrogens is 2. The lowest BCUT2D eigenvalue weighted by Gasteiger charge is -2.47. The largest absolute Gasteiger partial charge is 0.367 e. The van der Waals surface area contributed by atoms with Gasteiger partial charge in [0.15, 0.2) is 0 Å². The summed E-state index contributed by atoms with van der Waals surface area (Å²) in [7, 11) is 0. The summed E-state index contributed by atoms with van der Waals surface area (Å²) in [5.41, 5.74) is 3.07. The molecule has 6 rings (SSSR count). The SMILES string of the molecule is Cc1nc(NC2CCCCC2)cc(N2C[C@H]3CC[C@H]2c2ccccc23)n1. The monoisotopic (exact) mass is 348 g/mol. The van der Waals surface area contributed by atoms with Crippen molar-refractivity contribution in [1.29, 1.82) is 0 Å². The second-order valence-electron chi connectivity index (χ2n) is 8.21. The molecule has 2 aromatic rings. The normalized spacial score (nSPS) is 25.2. The van der Waals surface area contributed by atoms with Crippen molar-refractivity contribution in [2.75, 3.05) is 16.8 Å². The Hall–Kier alpha value is -2.10. The van der Waals surface area contributed by atoms with Gasteiger partial charge in [-0.15, -0.1) is 0 Å². The number of rotatable bonds is 3. The minimum absolute atomic E-state index is 0.466. The summed E-state index contributed by atoms with van der Waals surface area (Å²) >= 11 is 0. The predicted molar refractivity (Wildman–Crippen MR) is 106 cm³/mol. The maximum absolute atomic E-state index is 4.82. The maximum Gasteiger partial charge on any atom is 0.134 e. The summed E-state index contributed by atoms with van der Waals surface area (Å²) in [4.78, 5) is 12.0. The quantitative estimate of drug-likeness (QED) is 0.850. The van der Waals surface area contributed by atoms with E-state index in [0.717, 1.165) is 24.0 Å². The highest BCUT2D eigenvalue weighted by Crippen LogP contribution is 2.48. The summed E-state index contributed by atoms with van der Waals surface area (Å²) < 4.78 is 0. The zero-order valence-electron chi connectivity index (χ0n) is 15.6. The van der Waals surface area contributed by atoms with Crippen molar-refractivity contribution in [1.82, 2.24) is 9.97 Å². The van der Waals surface area contributed by atoms with Gasteiger partial charge in [-0.05, 0) is 43.7 Å². The Kier molecular flexibility index (Phi) is 4.07. The summed E-state index contributed by atoms with van der Waals surface area (Å²) in [5, 5.41) is 3.69. The van der Waals surface area contributed by atoms with Crippen LogP contribution in [0.2, 0.25) is 0 Å². The zero-order chi connectivity index (χ0) is 17.5. The van der Waals surface area contributed by atoms with Crippen LogP contribution in [0.15, 0.2) is 30.3 Å². The van der Waals surface area contributed by atoms with Crippen LogP contribution in [0.3, 0.4) is 0 Å². The number of aryl methyl sites for hydroxylation is 1. The van der Waals surface area contributed by atoms with Gasteiger partial charge in [-0.25, -0.2) is 9.97 Å². The lowest BCUT2D eigenvalue weighted by Crippen LogP contribution is -2.43. The first kappa shape index (κ1) is 16.1. The van der Waals surface area contributed by atoms with Gasteiger partial charge in [-0.1, -0.05) is 43.5 Å². The Morgan fingerprint density at radius 2 is 1.77 bits per heavy atom. The number of anilines is 2. The Morgan fingerprint density at radius 3 is 2.62 bits per heavy atom. The Balaban J connectivity index is 1.44. The van der Waals surface area contributed by atoms with Crippen LogP contribution in [0.4, 0.5) is 11.6 Å². The van der Waals surface area contributed by atoms with Crippen LogP contribution >= 0.6 is 0 Å². The van der Waals surface area contributed by atoms with Crippen molar-refractivity contribution in [2.24, 2.45) is 0 Å². The molecule has 0 radical (unpaired) electrons. The fraction of sp³-hybridized carbons (Fsp3) is 0.545. The molecule has 3 heterocycles. The van der Waals surface area contributed by atoms with Gasteiger partial charge in [-0.3, -0.25) is 0 Å². The van der Waals surface area contributed by atoms with Gasteiger partial charge in [0.1, 0.15) is 17.5 Å². The topological polar surface area (TPSA) is 41.1 Å². The van der Waals surface area contributed by atoms with E-state index in [1.54, 1.807) is 5.56 Å². The van der Waals surface area contributed by atoms with Crippen LogP contribution in [0.5, 0.6) is 0 Å². The zero-order valence-corrected chi connectivity index (χ0v) is 15.6. The van der Waals surface area contributed by atoms with Crippen LogP contribution in [0, 0.1) is 6.92 Å². The van der Waals surface area contributed by atoms with Crippen molar-refractivity contribution in [3.8, 4) is 0 Å². The first-order valence-electron chi connectivity index (χ1n) is 10.3. The molecule has 4 nitrogen and oxygen atoms in total. The summed E-state index contributed by atoms with van der Waals surface area (Å²) in [6.45, 7) is 3.10. The number of nitrogens with zero attached hydrogens (tertiary/aromatic N) is 3. The van der Waals surface area contributed by atoms with Gasteiger partial charge in [0.2, 0.25) is 0 Å². The first-order valence-corrected chi connectivity index (χ1v) is 10.3. The number of hydrogen-bond acceptors (Lipinski definition) is 4. The summed E-state index contributed by atoms with van der Waals surface area (Å²) in [5.74, 6) is 3.62. The first-order chi connectivity index (χ1) is 12.8. The fourth-order valence-electron chi connectivity index (χ4n) is 5.22. The number of hydrogen-bond donors (Lipinski definition) is 1. The van der Waals surface area contributed by atoms with Gasteiger partial charge < -0.3 is 10.2 Å². The summed E-state index contributed by atoms with van der Waals surface area (Å²) in [6, 6.07) is 12.2. The molecule has 136 valence electrons. The highest BCUT2D eigenvalue weighted by molar-refractivity contribution is 5.55. The number of benzene rings is 1. The molecule has 1 N–H and O–H groups in total. The van der Waals surface area contributed by atoms with Crippen molar-refractivity contribution < 1.29 is 0 Å². The maximum atomic E-state index is 4.82. The van der Waals surface area contributed by atoms with Crippen molar-refractivity contribution in [2.45, 2.75) is 69.9 Å². The third-order valence-electron chi connectivity index (χ3n) is 6.45. The van der Waals surface area contributed by atoms with Gasteiger partial charge in [0.05, 0.1) is 6.04 Å². The van der Waals surface area contributed by atoms with E-state index >= 15 is 0 Å². The molecular weight excluding hydrogens is 320 g/mol. The molecular formula is C22H28N4. The molecule has 26 heavy (non-hydrogen) atoms. The highest BCUT2D eigenvalue weighted by Gasteiger charge is 2.38. The smallest absolute Gasteiger partial charge is 0.134 e. The second kappa shape index (κ2) is 6.57. The van der Waals surface area contributed by atoms with E-state index in [2.05, 4.69) is 45.5 Å². The van der Waals surface area contributed by atoms with Crippen molar-refractivity contribution in [3.63, 3.8) is 0 Å². The molecule has 1 aromatic carbocycles. The van der Waals surface area contributed by atoms with E-state index < -0.39 is 0 Å².